The molecule has 5 nitrogen and oxygen atoms in total. The highest BCUT2D eigenvalue weighted by molar-refractivity contribution is 6.32. The summed E-state index contributed by atoms with van der Waals surface area (Å²) < 4.78 is 1.17. The summed E-state index contributed by atoms with van der Waals surface area (Å²) in [7, 11) is 0. The number of anilines is 1. The third-order valence-corrected chi connectivity index (χ3v) is 3.69. The normalized spacial score (nSPS) is 11.1. The molecule has 1 aromatic rings. The van der Waals surface area contributed by atoms with Gasteiger partial charge < -0.3 is 10.4 Å². The third-order valence-electron chi connectivity index (χ3n) is 3.32. The van der Waals surface area contributed by atoms with E-state index in [0.29, 0.717) is 5.69 Å². The first kappa shape index (κ1) is 18.0. The van der Waals surface area contributed by atoms with Crippen molar-refractivity contribution in [3.8, 4) is 0 Å². The lowest BCUT2D eigenvalue weighted by Gasteiger charge is -2.10. The van der Waals surface area contributed by atoms with Gasteiger partial charge >= 0.3 is 0 Å². The Balaban J connectivity index is 2.33. The first-order chi connectivity index (χ1) is 10.1. The van der Waals surface area contributed by atoms with Crippen molar-refractivity contribution >= 4 is 17.3 Å². The Bertz CT molecular complexity index is 474. The minimum Gasteiger partial charge on any atom is -0.394 e. The van der Waals surface area contributed by atoms with Gasteiger partial charge in [0, 0.05) is 6.54 Å². The van der Waals surface area contributed by atoms with E-state index >= 15 is 0 Å². The van der Waals surface area contributed by atoms with E-state index in [1.54, 1.807) is 0 Å². The summed E-state index contributed by atoms with van der Waals surface area (Å²) in [5.41, 5.74) is 0.200. The summed E-state index contributed by atoms with van der Waals surface area (Å²) in [6.45, 7) is 5.30. The summed E-state index contributed by atoms with van der Waals surface area (Å²) in [6.07, 6.45) is 7.56. The van der Waals surface area contributed by atoms with Crippen LogP contribution in [0.2, 0.25) is 5.02 Å². The van der Waals surface area contributed by atoms with E-state index in [2.05, 4.69) is 24.3 Å². The molecule has 0 aromatic carbocycles. The highest BCUT2D eigenvalue weighted by Crippen LogP contribution is 2.15. The Labute approximate surface area is 131 Å². The van der Waals surface area contributed by atoms with Gasteiger partial charge in [-0.2, -0.15) is 5.10 Å². The van der Waals surface area contributed by atoms with Crippen molar-refractivity contribution in [3.05, 3.63) is 21.6 Å². The van der Waals surface area contributed by atoms with Gasteiger partial charge in [0.15, 0.2) is 0 Å². The van der Waals surface area contributed by atoms with Crippen LogP contribution in [0.15, 0.2) is 11.0 Å². The van der Waals surface area contributed by atoms with Crippen LogP contribution in [0.4, 0.5) is 5.69 Å². The predicted octanol–water partition coefficient (Wildman–Crippen LogP) is 2.91. The Morgan fingerprint density at radius 1 is 1.33 bits per heavy atom. The fourth-order valence-corrected chi connectivity index (χ4v) is 2.31. The summed E-state index contributed by atoms with van der Waals surface area (Å²) in [4.78, 5) is 11.8. The van der Waals surface area contributed by atoms with Gasteiger partial charge in [-0.3, -0.25) is 4.79 Å². The molecule has 0 saturated carbocycles. The molecule has 0 atom stereocenters. The molecule has 0 radical (unpaired) electrons. The van der Waals surface area contributed by atoms with Crippen molar-refractivity contribution < 1.29 is 5.11 Å². The number of aliphatic hydroxyl groups is 1. The van der Waals surface area contributed by atoms with Gasteiger partial charge in [-0.25, -0.2) is 4.68 Å². The number of nitrogens with one attached hydrogen (secondary N) is 1. The van der Waals surface area contributed by atoms with Crippen molar-refractivity contribution in [1.82, 2.24) is 9.78 Å². The van der Waals surface area contributed by atoms with E-state index in [0.717, 1.165) is 18.9 Å². The van der Waals surface area contributed by atoms with Crippen LogP contribution >= 0.6 is 11.6 Å². The molecule has 0 unspecified atom stereocenters. The second kappa shape index (κ2) is 9.79. The van der Waals surface area contributed by atoms with Crippen LogP contribution < -0.4 is 10.9 Å². The van der Waals surface area contributed by atoms with Gasteiger partial charge in [-0.15, -0.1) is 0 Å². The number of rotatable bonds is 10. The summed E-state index contributed by atoms with van der Waals surface area (Å²) in [5, 5.41) is 16.1. The van der Waals surface area contributed by atoms with E-state index in [9.17, 15) is 4.79 Å². The van der Waals surface area contributed by atoms with E-state index in [-0.39, 0.29) is 23.7 Å². The monoisotopic (exact) mass is 315 g/mol. The Morgan fingerprint density at radius 3 is 2.71 bits per heavy atom. The highest BCUT2D eigenvalue weighted by Gasteiger charge is 2.08. The Morgan fingerprint density at radius 2 is 2.05 bits per heavy atom. The average Bonchev–Trinajstić information content (AvgIpc) is 2.45. The Hall–Kier alpha value is -1.07. The molecule has 1 heterocycles. The highest BCUT2D eigenvalue weighted by atomic mass is 35.5. The maximum absolute atomic E-state index is 11.8. The van der Waals surface area contributed by atoms with E-state index in [4.69, 9.17) is 16.7 Å². The molecular weight excluding hydrogens is 290 g/mol. The molecule has 0 bridgehead atoms. The molecule has 21 heavy (non-hydrogen) atoms. The second-order valence-corrected chi connectivity index (χ2v) is 6.03. The van der Waals surface area contributed by atoms with Gasteiger partial charge in [-0.1, -0.05) is 51.1 Å². The van der Waals surface area contributed by atoms with Gasteiger partial charge in [0.25, 0.3) is 5.56 Å². The number of hydrogen-bond acceptors (Lipinski definition) is 4. The van der Waals surface area contributed by atoms with Crippen LogP contribution in [-0.2, 0) is 6.54 Å². The third kappa shape index (κ3) is 6.48. The maximum Gasteiger partial charge on any atom is 0.287 e. The molecular formula is C15H26ClN3O2. The molecule has 0 aliphatic heterocycles. The number of unbranched alkanes of at least 4 members (excludes halogenated alkanes) is 3. The SMILES string of the molecule is CC(C)CCCCCCNc1cnn(CCO)c(=O)c1Cl. The van der Waals surface area contributed by atoms with Crippen LogP contribution in [0.1, 0.15) is 46.0 Å². The molecule has 6 heteroatoms. The molecule has 0 saturated heterocycles. The van der Waals surface area contributed by atoms with E-state index < -0.39 is 0 Å². The fraction of sp³-hybridized carbons (Fsp3) is 0.733. The van der Waals surface area contributed by atoms with Crippen LogP contribution in [0.25, 0.3) is 0 Å². The number of aromatic nitrogens is 2. The fourth-order valence-electron chi connectivity index (χ4n) is 2.10. The first-order valence-corrected chi connectivity index (χ1v) is 8.04. The topological polar surface area (TPSA) is 67.2 Å². The molecule has 120 valence electrons. The molecule has 0 fully saturated rings. The molecule has 2 N–H and O–H groups in total. The summed E-state index contributed by atoms with van der Waals surface area (Å²) in [5.74, 6) is 0.776. The molecule has 0 spiro atoms. The molecule has 1 rings (SSSR count). The molecule has 0 aliphatic carbocycles. The van der Waals surface area contributed by atoms with E-state index in [1.165, 1.54) is 36.6 Å². The van der Waals surface area contributed by atoms with Crippen molar-refractivity contribution in [2.24, 2.45) is 5.92 Å². The van der Waals surface area contributed by atoms with Crippen LogP contribution in [0, 0.1) is 5.92 Å². The lowest BCUT2D eigenvalue weighted by molar-refractivity contribution is 0.266. The lowest BCUT2D eigenvalue weighted by Crippen LogP contribution is -2.25. The lowest BCUT2D eigenvalue weighted by atomic mass is 10.0. The summed E-state index contributed by atoms with van der Waals surface area (Å²) in [6, 6.07) is 0. The van der Waals surface area contributed by atoms with Crippen LogP contribution in [-0.4, -0.2) is 28.0 Å². The number of aliphatic hydroxyl groups excluding tert-OH is 1. The number of hydrogen-bond donors (Lipinski definition) is 2. The van der Waals surface area contributed by atoms with Gasteiger partial charge in [0.05, 0.1) is 25.0 Å². The predicted molar refractivity (Wildman–Crippen MR) is 87.0 cm³/mol. The first-order valence-electron chi connectivity index (χ1n) is 7.66. The number of nitrogens with zero attached hydrogens (tertiary/aromatic N) is 2. The van der Waals surface area contributed by atoms with Crippen molar-refractivity contribution in [2.45, 2.75) is 52.5 Å². The number of halogens is 1. The minimum atomic E-state index is -0.368. The van der Waals surface area contributed by atoms with Gasteiger partial charge in [-0.05, 0) is 12.3 Å². The zero-order chi connectivity index (χ0) is 15.7. The van der Waals surface area contributed by atoms with Gasteiger partial charge in [0.1, 0.15) is 5.02 Å². The zero-order valence-corrected chi connectivity index (χ0v) is 13.7. The van der Waals surface area contributed by atoms with Crippen molar-refractivity contribution in [2.75, 3.05) is 18.5 Å². The second-order valence-electron chi connectivity index (χ2n) is 5.65. The summed E-state index contributed by atoms with van der Waals surface area (Å²) >= 11 is 6.01. The molecule has 1 aromatic heterocycles. The zero-order valence-electron chi connectivity index (χ0n) is 12.9. The average molecular weight is 316 g/mol. The molecule has 0 aliphatic rings. The largest absolute Gasteiger partial charge is 0.394 e. The Kier molecular flexibility index (Phi) is 8.38. The van der Waals surface area contributed by atoms with Crippen LogP contribution in [0.5, 0.6) is 0 Å². The minimum absolute atomic E-state index is 0.133. The van der Waals surface area contributed by atoms with Crippen LogP contribution in [0.3, 0.4) is 0 Å². The molecule has 0 amide bonds. The quantitative estimate of drug-likeness (QED) is 0.651. The van der Waals surface area contributed by atoms with Crippen molar-refractivity contribution in [1.29, 1.82) is 0 Å². The van der Waals surface area contributed by atoms with Crippen molar-refractivity contribution in [3.63, 3.8) is 0 Å². The van der Waals surface area contributed by atoms with E-state index in [1.807, 2.05) is 0 Å². The standard InChI is InChI=1S/C15H26ClN3O2/c1-12(2)7-5-3-4-6-8-17-13-11-18-19(9-10-20)15(21)14(13)16/h11-12,17,20H,3-10H2,1-2H3. The van der Waals surface area contributed by atoms with Gasteiger partial charge in [0.2, 0.25) is 0 Å². The smallest absolute Gasteiger partial charge is 0.287 e. The maximum atomic E-state index is 11.8.